The van der Waals surface area contributed by atoms with E-state index in [1.807, 2.05) is 49.8 Å². The highest BCUT2D eigenvalue weighted by atomic mass is 32.2. The Kier molecular flexibility index (Phi) is 13.7. The fourth-order valence-corrected chi connectivity index (χ4v) is 7.81. The van der Waals surface area contributed by atoms with Gasteiger partial charge in [0.15, 0.2) is 17.9 Å². The number of halogens is 2. The molecule has 1 aliphatic heterocycles. The molecule has 2 atom stereocenters. The minimum atomic E-state index is -1.71. The van der Waals surface area contributed by atoms with Crippen LogP contribution in [0.5, 0.6) is 11.5 Å². The van der Waals surface area contributed by atoms with E-state index in [2.05, 4.69) is 15.8 Å². The molecule has 0 saturated heterocycles. The molecule has 0 saturated carbocycles. The van der Waals surface area contributed by atoms with Crippen LogP contribution in [-0.4, -0.2) is 57.3 Å². The zero-order valence-corrected chi connectivity index (χ0v) is 32.1. The van der Waals surface area contributed by atoms with Gasteiger partial charge in [-0.1, -0.05) is 44.5 Å². The van der Waals surface area contributed by atoms with Crippen molar-refractivity contribution in [3.63, 3.8) is 0 Å². The van der Waals surface area contributed by atoms with Gasteiger partial charge in [-0.2, -0.15) is 5.10 Å². The number of benzene rings is 3. The highest BCUT2D eigenvalue weighted by molar-refractivity contribution is 7.90. The molecule has 54 heavy (non-hydrogen) atoms. The van der Waals surface area contributed by atoms with Gasteiger partial charge in [-0.25, -0.2) is 8.78 Å². The highest BCUT2D eigenvalue weighted by Crippen LogP contribution is 2.39. The Labute approximate surface area is 317 Å². The summed E-state index contributed by atoms with van der Waals surface area (Å²) in [5.74, 6) is -1.31. The van der Waals surface area contributed by atoms with Gasteiger partial charge in [0.25, 0.3) is 0 Å². The van der Waals surface area contributed by atoms with Crippen LogP contribution in [0.2, 0.25) is 0 Å². The minimum absolute atomic E-state index is 0.0113. The first-order valence-corrected chi connectivity index (χ1v) is 19.4. The third-order valence-electron chi connectivity index (χ3n) is 9.23. The SMILES string of the molecule is CCOC.CCOC(=O)CCc1cccc(C2CCCC(C)(C)CS(=O)/C(C=O)=C/c3c(c(F)cc4[nH]ccc34)Oc3ccc(F)c(c3)-c3ccn2n3)c1. The number of carbonyl (C=O) groups is 2. The van der Waals surface area contributed by atoms with E-state index in [9.17, 15) is 13.8 Å². The molecule has 6 rings (SSSR count). The van der Waals surface area contributed by atoms with E-state index in [1.165, 1.54) is 30.3 Å². The molecule has 1 aliphatic rings. The predicted octanol–water partition coefficient (Wildman–Crippen LogP) is 9.34. The average Bonchev–Trinajstić information content (AvgIpc) is 3.83. The fourth-order valence-electron chi connectivity index (χ4n) is 6.43. The van der Waals surface area contributed by atoms with Crippen LogP contribution in [-0.2, 0) is 36.3 Å². The number of esters is 1. The summed E-state index contributed by atoms with van der Waals surface area (Å²) in [6.07, 6.45) is 8.29. The van der Waals surface area contributed by atoms with Crippen molar-refractivity contribution >= 4 is 40.0 Å². The van der Waals surface area contributed by atoms with Crippen LogP contribution in [0.4, 0.5) is 8.78 Å². The second-order valence-corrected chi connectivity index (χ2v) is 15.3. The number of aldehydes is 1. The molecular formula is C42H47F2N3O6S. The number of hydrogen-bond donors (Lipinski definition) is 1. The summed E-state index contributed by atoms with van der Waals surface area (Å²) in [7, 11) is -0.0259. The number of aromatic amines is 1. The first-order chi connectivity index (χ1) is 26.0. The van der Waals surface area contributed by atoms with E-state index in [0.717, 1.165) is 24.2 Å². The third kappa shape index (κ3) is 9.97. The van der Waals surface area contributed by atoms with Crippen molar-refractivity contribution in [2.24, 2.45) is 5.41 Å². The number of ether oxygens (including phenoxy) is 3. The number of hydrogen-bond acceptors (Lipinski definition) is 7. The second kappa shape index (κ2) is 18.4. The normalized spacial score (nSPS) is 18.1. The third-order valence-corrected chi connectivity index (χ3v) is 11.0. The van der Waals surface area contributed by atoms with Crippen LogP contribution in [0.25, 0.3) is 28.2 Å². The lowest BCUT2D eigenvalue weighted by Gasteiger charge is -2.26. The first kappa shape index (κ1) is 40.2. The number of nitrogens with one attached hydrogen (secondary N) is 1. The Bertz CT molecular complexity index is 2140. The Morgan fingerprint density at radius 2 is 1.89 bits per heavy atom. The molecule has 0 radical (unpaired) electrons. The lowest BCUT2D eigenvalue weighted by Crippen LogP contribution is -2.22. The van der Waals surface area contributed by atoms with Gasteiger partial charge >= 0.3 is 5.97 Å². The van der Waals surface area contributed by atoms with Gasteiger partial charge in [-0.3, -0.25) is 18.5 Å². The molecule has 9 nitrogen and oxygen atoms in total. The number of methoxy groups -OCH3 is 1. The molecule has 1 N–H and O–H groups in total. The average molecular weight is 760 g/mol. The Balaban J connectivity index is 0.00000133. The van der Waals surface area contributed by atoms with Crippen molar-refractivity contribution in [2.75, 3.05) is 26.1 Å². The fraction of sp³-hybridized carbons (Fsp3) is 0.357. The maximum atomic E-state index is 15.7. The molecule has 3 heterocycles. The lowest BCUT2D eigenvalue weighted by atomic mass is 9.87. The molecule has 3 aromatic carbocycles. The molecule has 0 aliphatic carbocycles. The first-order valence-electron chi connectivity index (χ1n) is 18.1. The molecule has 2 unspecified atom stereocenters. The van der Waals surface area contributed by atoms with Crippen LogP contribution in [0.1, 0.15) is 76.1 Å². The number of nitrogens with zero attached hydrogens (tertiary/aromatic N) is 2. The Morgan fingerprint density at radius 1 is 1.09 bits per heavy atom. The van der Waals surface area contributed by atoms with Crippen LogP contribution < -0.4 is 4.74 Å². The quantitative estimate of drug-likeness (QED) is 0.130. The summed E-state index contributed by atoms with van der Waals surface area (Å²) in [5, 5.41) is 5.40. The molecule has 0 spiro atoms. The van der Waals surface area contributed by atoms with Crippen molar-refractivity contribution < 1.29 is 36.8 Å². The summed E-state index contributed by atoms with van der Waals surface area (Å²) in [5.41, 5.74) is 2.79. The maximum absolute atomic E-state index is 15.7. The number of aryl methyl sites for hydroxylation is 1. The number of allylic oxidation sites excluding steroid dienone is 1. The van der Waals surface area contributed by atoms with Crippen molar-refractivity contribution in [3.05, 3.63) is 106 Å². The minimum Gasteiger partial charge on any atom is -0.466 e. The number of rotatable bonds is 7. The van der Waals surface area contributed by atoms with Gasteiger partial charge in [0, 0.05) is 66.4 Å². The number of aromatic nitrogens is 3. The lowest BCUT2D eigenvalue weighted by molar-refractivity contribution is -0.143. The number of H-pyrrole nitrogens is 1. The summed E-state index contributed by atoms with van der Waals surface area (Å²) >= 11 is 0. The molecule has 0 fully saturated rings. The monoisotopic (exact) mass is 759 g/mol. The molecule has 2 aromatic heterocycles. The number of fused-ring (bicyclic) bond motifs is 8. The molecule has 4 bridgehead atoms. The van der Waals surface area contributed by atoms with E-state index >= 15 is 8.78 Å². The molecule has 0 amide bonds. The van der Waals surface area contributed by atoms with Gasteiger partial charge in [0.2, 0.25) is 0 Å². The number of carbonyl (C=O) groups excluding carboxylic acids is 2. The second-order valence-electron chi connectivity index (χ2n) is 13.8. The molecule has 12 heteroatoms. The van der Waals surface area contributed by atoms with Crippen molar-refractivity contribution in [2.45, 2.75) is 65.8 Å². The maximum Gasteiger partial charge on any atom is 0.306 e. The largest absolute Gasteiger partial charge is 0.466 e. The molecule has 5 aromatic rings. The molecule has 286 valence electrons. The summed E-state index contributed by atoms with van der Waals surface area (Å²) in [6.45, 7) is 8.91. The van der Waals surface area contributed by atoms with Gasteiger partial charge < -0.3 is 19.2 Å². The highest BCUT2D eigenvalue weighted by Gasteiger charge is 2.26. The van der Waals surface area contributed by atoms with Crippen LogP contribution in [0, 0.1) is 17.0 Å². The smallest absolute Gasteiger partial charge is 0.306 e. The molecular weight excluding hydrogens is 713 g/mol. The van der Waals surface area contributed by atoms with Crippen molar-refractivity contribution in [1.29, 1.82) is 0 Å². The van der Waals surface area contributed by atoms with Crippen LogP contribution >= 0.6 is 0 Å². The van der Waals surface area contributed by atoms with Gasteiger partial charge in [-0.15, -0.1) is 0 Å². The van der Waals surface area contributed by atoms with Gasteiger partial charge in [-0.05, 0) is 86.1 Å². The van der Waals surface area contributed by atoms with Crippen molar-refractivity contribution in [1.82, 2.24) is 14.8 Å². The Hall–Kier alpha value is -4.94. The summed E-state index contributed by atoms with van der Waals surface area (Å²) in [4.78, 5) is 27.4. The summed E-state index contributed by atoms with van der Waals surface area (Å²) < 4.78 is 62.4. The predicted molar refractivity (Wildman–Crippen MR) is 208 cm³/mol. The van der Waals surface area contributed by atoms with Gasteiger partial charge in [0.05, 0.1) is 34.0 Å². The van der Waals surface area contributed by atoms with E-state index in [1.54, 1.807) is 32.4 Å². The summed E-state index contributed by atoms with van der Waals surface area (Å²) in [6, 6.07) is 16.6. The Morgan fingerprint density at radius 3 is 2.63 bits per heavy atom. The van der Waals surface area contributed by atoms with E-state index < -0.39 is 27.8 Å². The van der Waals surface area contributed by atoms with E-state index in [0.29, 0.717) is 48.8 Å². The van der Waals surface area contributed by atoms with Gasteiger partial charge in [0.1, 0.15) is 11.6 Å². The van der Waals surface area contributed by atoms with Crippen LogP contribution in [0.15, 0.2) is 78.0 Å². The zero-order chi connectivity index (χ0) is 38.8. The van der Waals surface area contributed by atoms with Crippen LogP contribution in [0.3, 0.4) is 0 Å². The van der Waals surface area contributed by atoms with E-state index in [-0.39, 0.29) is 51.7 Å². The zero-order valence-electron chi connectivity index (χ0n) is 31.3. The van der Waals surface area contributed by atoms with E-state index in [4.69, 9.17) is 14.6 Å². The topological polar surface area (TPSA) is 113 Å². The standard InChI is InChI=1S/C39H39F2N3O5S.C3H8O/c1-4-48-37(46)13-10-25-7-5-8-26(19-25)36-9-6-16-39(2,3)24-50(47)28(23-45)21-30-29-14-17-42-35(29)22-33(41)38(30)49-27-11-12-32(40)31(20-27)34-15-18-44(36)43-34;1-3-4-2/h5,7-8,11-12,14-15,17-23,36,42H,4,6,9-10,13,16,24H2,1-3H3;3H2,1-2H3/b28-21+;. The van der Waals surface area contributed by atoms with Crippen molar-refractivity contribution in [3.8, 4) is 22.8 Å².